The number of fused-ring (bicyclic) bond motifs is 1. The van der Waals surface area contributed by atoms with Crippen molar-refractivity contribution in [3.05, 3.63) is 114 Å². The van der Waals surface area contributed by atoms with Gasteiger partial charge in [-0.05, 0) is 60.5 Å². The lowest BCUT2D eigenvalue weighted by Gasteiger charge is -2.22. The van der Waals surface area contributed by atoms with E-state index in [4.69, 9.17) is 9.72 Å². The molecule has 0 aliphatic carbocycles. The summed E-state index contributed by atoms with van der Waals surface area (Å²) in [5, 5.41) is 0.512. The van der Waals surface area contributed by atoms with E-state index in [0.29, 0.717) is 35.1 Å². The number of ether oxygens (including phenoxy) is 1. The number of hydrogen-bond donors (Lipinski definition) is 0. The SMILES string of the molecule is CCOc1cccc2sc(N(Cc3cccnc3)C(=O)c3ccc(S(=O)(=O)N(CC)Cc4ccccc4)cc3)nc12. The molecule has 0 unspecified atom stereocenters. The number of carbonyl (C=O) groups excluding carboxylic acids is 1. The van der Waals surface area contributed by atoms with E-state index in [0.717, 1.165) is 15.8 Å². The Morgan fingerprint density at radius 1 is 0.878 bits per heavy atom. The van der Waals surface area contributed by atoms with Crippen molar-refractivity contribution in [2.75, 3.05) is 18.1 Å². The molecular formula is C31H30N4O4S2. The molecule has 1 amide bonds. The molecule has 0 radical (unpaired) electrons. The number of sulfonamides is 1. The van der Waals surface area contributed by atoms with Crippen LogP contribution >= 0.6 is 11.3 Å². The second-order valence-electron chi connectivity index (χ2n) is 9.23. The maximum Gasteiger partial charge on any atom is 0.260 e. The van der Waals surface area contributed by atoms with E-state index in [1.54, 1.807) is 29.4 Å². The van der Waals surface area contributed by atoms with Crippen molar-refractivity contribution >= 4 is 42.6 Å². The molecule has 8 nitrogen and oxygen atoms in total. The first kappa shape index (κ1) is 28.4. The van der Waals surface area contributed by atoms with Gasteiger partial charge < -0.3 is 4.74 Å². The fourth-order valence-corrected chi connectivity index (χ4v) is 6.85. The number of hydrogen-bond acceptors (Lipinski definition) is 7. The first-order valence-electron chi connectivity index (χ1n) is 13.3. The molecule has 41 heavy (non-hydrogen) atoms. The number of anilines is 1. The summed E-state index contributed by atoms with van der Waals surface area (Å²) in [5.74, 6) is 0.360. The lowest BCUT2D eigenvalue weighted by atomic mass is 10.2. The summed E-state index contributed by atoms with van der Waals surface area (Å²) in [4.78, 5) is 24.6. The molecule has 0 fully saturated rings. The van der Waals surface area contributed by atoms with Crippen molar-refractivity contribution in [1.29, 1.82) is 0 Å². The predicted octanol–water partition coefficient (Wildman–Crippen LogP) is 6.15. The Kier molecular flexibility index (Phi) is 8.72. The highest BCUT2D eigenvalue weighted by molar-refractivity contribution is 7.89. The zero-order valence-corrected chi connectivity index (χ0v) is 24.4. The van der Waals surface area contributed by atoms with E-state index in [1.807, 2.05) is 74.5 Å². The topological polar surface area (TPSA) is 92.7 Å². The highest BCUT2D eigenvalue weighted by Crippen LogP contribution is 2.35. The Labute approximate surface area is 243 Å². The van der Waals surface area contributed by atoms with Gasteiger partial charge in [-0.1, -0.05) is 60.7 Å². The van der Waals surface area contributed by atoms with Gasteiger partial charge in [0.25, 0.3) is 5.91 Å². The monoisotopic (exact) mass is 586 g/mol. The summed E-state index contributed by atoms with van der Waals surface area (Å²) in [5.41, 5.74) is 2.78. The summed E-state index contributed by atoms with van der Waals surface area (Å²) in [6.07, 6.45) is 3.39. The molecule has 210 valence electrons. The molecule has 5 aromatic rings. The number of amides is 1. The van der Waals surface area contributed by atoms with Crippen LogP contribution in [-0.2, 0) is 23.1 Å². The fraction of sp³-hybridized carbons (Fsp3) is 0.194. The third-order valence-electron chi connectivity index (χ3n) is 6.50. The summed E-state index contributed by atoms with van der Waals surface area (Å²) >= 11 is 1.39. The molecule has 0 saturated heterocycles. The number of thiazole rings is 1. The Bertz CT molecular complexity index is 1730. The fourth-order valence-electron chi connectivity index (χ4n) is 4.43. The van der Waals surface area contributed by atoms with Gasteiger partial charge in [-0.2, -0.15) is 4.31 Å². The van der Waals surface area contributed by atoms with E-state index in [2.05, 4.69) is 4.98 Å². The summed E-state index contributed by atoms with van der Waals surface area (Å²) < 4.78 is 34.9. The van der Waals surface area contributed by atoms with Crippen molar-refractivity contribution < 1.29 is 17.9 Å². The quantitative estimate of drug-likeness (QED) is 0.184. The first-order valence-corrected chi connectivity index (χ1v) is 15.5. The molecule has 5 rings (SSSR count). The molecule has 10 heteroatoms. The Hall–Kier alpha value is -4.12. The molecule has 0 saturated carbocycles. The van der Waals surface area contributed by atoms with E-state index in [-0.39, 0.29) is 23.9 Å². The molecule has 3 aromatic carbocycles. The standard InChI is InChI=1S/C31H30N4O4S2/c1-3-34(21-23-10-6-5-7-11-23)41(37,38)26-17-15-25(16-18-26)30(36)35(22-24-12-9-19-32-20-24)31-33-29-27(39-4-2)13-8-14-28(29)40-31/h5-20H,3-4,21-22H2,1-2H3. The molecular weight excluding hydrogens is 556 g/mol. The highest BCUT2D eigenvalue weighted by Gasteiger charge is 2.26. The average molecular weight is 587 g/mol. The van der Waals surface area contributed by atoms with E-state index < -0.39 is 10.0 Å². The van der Waals surface area contributed by atoms with Crippen LogP contribution in [0.5, 0.6) is 5.75 Å². The third kappa shape index (κ3) is 6.30. The molecule has 2 aromatic heterocycles. The number of aromatic nitrogens is 2. The lowest BCUT2D eigenvalue weighted by Crippen LogP contribution is -2.31. The lowest BCUT2D eigenvalue weighted by molar-refractivity contribution is 0.0985. The van der Waals surface area contributed by atoms with Crippen LogP contribution in [0.4, 0.5) is 5.13 Å². The number of para-hydroxylation sites is 1. The minimum atomic E-state index is -3.76. The summed E-state index contributed by atoms with van der Waals surface area (Å²) in [7, 11) is -3.76. The normalized spacial score (nSPS) is 11.6. The molecule has 0 N–H and O–H groups in total. The van der Waals surface area contributed by atoms with Crippen LogP contribution in [0, 0.1) is 0 Å². The second kappa shape index (κ2) is 12.6. The van der Waals surface area contributed by atoms with Crippen LogP contribution < -0.4 is 9.64 Å². The van der Waals surface area contributed by atoms with Crippen molar-refractivity contribution in [2.45, 2.75) is 31.8 Å². The van der Waals surface area contributed by atoms with Crippen LogP contribution in [0.25, 0.3) is 10.2 Å². The summed E-state index contributed by atoms with van der Waals surface area (Å²) in [6, 6.07) is 25.0. The number of pyridine rings is 1. The van der Waals surface area contributed by atoms with E-state index in [1.165, 1.54) is 27.8 Å². The van der Waals surface area contributed by atoms with Gasteiger partial charge in [0.15, 0.2) is 5.13 Å². The van der Waals surface area contributed by atoms with Crippen LogP contribution in [0.15, 0.2) is 102 Å². The minimum Gasteiger partial charge on any atom is -0.492 e. The van der Waals surface area contributed by atoms with Gasteiger partial charge in [-0.25, -0.2) is 13.4 Å². The second-order valence-corrected chi connectivity index (χ2v) is 12.2. The van der Waals surface area contributed by atoms with Gasteiger partial charge >= 0.3 is 0 Å². The number of carbonyl (C=O) groups is 1. The van der Waals surface area contributed by atoms with E-state index in [9.17, 15) is 13.2 Å². The molecule has 0 atom stereocenters. The molecule has 0 aliphatic heterocycles. The molecule has 0 aliphatic rings. The Balaban J connectivity index is 1.46. The minimum absolute atomic E-state index is 0.131. The summed E-state index contributed by atoms with van der Waals surface area (Å²) in [6.45, 7) is 5.05. The van der Waals surface area contributed by atoms with Gasteiger partial charge in [0, 0.05) is 31.0 Å². The predicted molar refractivity (Wildman–Crippen MR) is 162 cm³/mol. The third-order valence-corrected chi connectivity index (χ3v) is 9.48. The average Bonchev–Trinajstić information content (AvgIpc) is 3.44. The first-order chi connectivity index (χ1) is 19.9. The van der Waals surface area contributed by atoms with Crippen molar-refractivity contribution in [2.24, 2.45) is 0 Å². The smallest absolute Gasteiger partial charge is 0.260 e. The molecule has 0 spiro atoms. The van der Waals surface area contributed by atoms with Gasteiger partial charge in [0.05, 0.1) is 22.7 Å². The van der Waals surface area contributed by atoms with E-state index >= 15 is 0 Å². The molecule has 0 bridgehead atoms. The molecule has 2 heterocycles. The maximum absolute atomic E-state index is 13.9. The van der Waals surface area contributed by atoms with Crippen LogP contribution in [-0.4, -0.2) is 41.7 Å². The zero-order chi connectivity index (χ0) is 28.8. The Morgan fingerprint density at radius 2 is 1.63 bits per heavy atom. The number of benzene rings is 3. The van der Waals surface area contributed by atoms with Crippen molar-refractivity contribution in [1.82, 2.24) is 14.3 Å². The van der Waals surface area contributed by atoms with Crippen LogP contribution in [0.1, 0.15) is 35.3 Å². The highest BCUT2D eigenvalue weighted by atomic mass is 32.2. The van der Waals surface area contributed by atoms with Gasteiger partial charge in [-0.3, -0.25) is 14.7 Å². The van der Waals surface area contributed by atoms with Crippen molar-refractivity contribution in [3.63, 3.8) is 0 Å². The van der Waals surface area contributed by atoms with Crippen LogP contribution in [0.2, 0.25) is 0 Å². The van der Waals surface area contributed by atoms with Gasteiger partial charge in [0.1, 0.15) is 11.3 Å². The zero-order valence-electron chi connectivity index (χ0n) is 22.8. The van der Waals surface area contributed by atoms with Gasteiger partial charge in [0.2, 0.25) is 10.0 Å². The number of nitrogens with zero attached hydrogens (tertiary/aromatic N) is 4. The van der Waals surface area contributed by atoms with Gasteiger partial charge in [-0.15, -0.1) is 0 Å². The largest absolute Gasteiger partial charge is 0.492 e. The number of rotatable bonds is 11. The maximum atomic E-state index is 13.9. The Morgan fingerprint density at radius 3 is 2.32 bits per heavy atom. The van der Waals surface area contributed by atoms with Crippen molar-refractivity contribution in [3.8, 4) is 5.75 Å². The van der Waals surface area contributed by atoms with Crippen LogP contribution in [0.3, 0.4) is 0 Å².